The highest BCUT2D eigenvalue weighted by atomic mass is 16.5. The lowest BCUT2D eigenvalue weighted by Gasteiger charge is -2.35. The number of piperidine rings is 2. The number of amides is 1. The van der Waals surface area contributed by atoms with Crippen LogP contribution < -0.4 is 10.1 Å². The van der Waals surface area contributed by atoms with Gasteiger partial charge < -0.3 is 20.1 Å². The van der Waals surface area contributed by atoms with Crippen LogP contribution in [0.3, 0.4) is 0 Å². The molecule has 0 saturated carbocycles. The largest absolute Gasteiger partial charge is 0.481 e. The lowest BCUT2D eigenvalue weighted by molar-refractivity contribution is -0.147. The molecule has 2 unspecified atom stereocenters. The minimum Gasteiger partial charge on any atom is -0.481 e. The summed E-state index contributed by atoms with van der Waals surface area (Å²) in [5.74, 6) is -0.354. The first-order valence-electron chi connectivity index (χ1n) is 14.6. The van der Waals surface area contributed by atoms with Crippen LogP contribution in [0.4, 0.5) is 0 Å². The molecule has 7 nitrogen and oxygen atoms in total. The van der Waals surface area contributed by atoms with Crippen LogP contribution in [0, 0.1) is 17.8 Å². The molecule has 0 spiro atoms. The van der Waals surface area contributed by atoms with Gasteiger partial charge in [-0.05, 0) is 62.2 Å². The van der Waals surface area contributed by atoms with E-state index in [4.69, 9.17) is 4.74 Å². The average Bonchev–Trinajstić information content (AvgIpc) is 2.96. The SMILES string of the molecule is O=C(O)CC(CC(=O)C1Oc2ccccc2-c2ccccc21)C(=O)N1CCC(CCCC2CCNCC2)CC1. The standard InChI is InChI=1S/C32H40N2O5/c35-28(31-27-10-2-1-8-25(27)26-9-3-4-11-29(26)39-31)20-24(21-30(36)37)32(38)34-18-14-23(15-19-34)7-5-6-22-12-16-33-17-13-22/h1-4,8-11,22-24,31,33H,5-7,12-21H2,(H,36,37). The fourth-order valence-corrected chi connectivity index (χ4v) is 6.57. The molecule has 39 heavy (non-hydrogen) atoms. The second-order valence-corrected chi connectivity index (χ2v) is 11.4. The molecule has 5 rings (SSSR count). The number of nitrogens with zero attached hydrogens (tertiary/aromatic N) is 1. The highest BCUT2D eigenvalue weighted by Gasteiger charge is 2.36. The van der Waals surface area contributed by atoms with Crippen molar-refractivity contribution in [2.75, 3.05) is 26.2 Å². The van der Waals surface area contributed by atoms with Crippen LogP contribution in [0.15, 0.2) is 48.5 Å². The van der Waals surface area contributed by atoms with E-state index in [1.165, 1.54) is 32.1 Å². The van der Waals surface area contributed by atoms with Gasteiger partial charge in [0.15, 0.2) is 11.9 Å². The number of hydrogen-bond acceptors (Lipinski definition) is 5. The summed E-state index contributed by atoms with van der Waals surface area (Å²) in [6.45, 7) is 3.55. The van der Waals surface area contributed by atoms with Crippen molar-refractivity contribution in [1.29, 1.82) is 0 Å². The van der Waals surface area contributed by atoms with Crippen molar-refractivity contribution in [3.63, 3.8) is 0 Å². The summed E-state index contributed by atoms with van der Waals surface area (Å²) in [7, 11) is 0. The molecule has 2 N–H and O–H groups in total. The van der Waals surface area contributed by atoms with Crippen molar-refractivity contribution >= 4 is 17.7 Å². The van der Waals surface area contributed by atoms with Gasteiger partial charge in [0.2, 0.25) is 5.91 Å². The molecule has 2 saturated heterocycles. The van der Waals surface area contributed by atoms with Crippen LogP contribution in [0.25, 0.3) is 11.1 Å². The van der Waals surface area contributed by atoms with Crippen molar-refractivity contribution in [1.82, 2.24) is 10.2 Å². The van der Waals surface area contributed by atoms with Crippen molar-refractivity contribution < 1.29 is 24.2 Å². The molecule has 3 heterocycles. The number of para-hydroxylation sites is 1. The second kappa shape index (κ2) is 12.8. The first-order chi connectivity index (χ1) is 19.0. The summed E-state index contributed by atoms with van der Waals surface area (Å²) >= 11 is 0. The van der Waals surface area contributed by atoms with Gasteiger partial charge in [-0.1, -0.05) is 61.7 Å². The van der Waals surface area contributed by atoms with E-state index in [2.05, 4.69) is 5.32 Å². The normalized spacial score (nSPS) is 20.4. The Kier molecular flexibility index (Phi) is 8.97. The molecule has 0 aliphatic carbocycles. The molecule has 208 valence electrons. The van der Waals surface area contributed by atoms with Crippen LogP contribution in [0.2, 0.25) is 0 Å². The molecule has 3 aliphatic rings. The predicted octanol–water partition coefficient (Wildman–Crippen LogP) is 5.25. The van der Waals surface area contributed by atoms with E-state index in [1.54, 1.807) is 4.90 Å². The number of hydrogen-bond donors (Lipinski definition) is 2. The Labute approximate surface area is 230 Å². The molecule has 2 aromatic rings. The number of nitrogens with one attached hydrogen (secondary N) is 1. The Morgan fingerprint density at radius 3 is 2.23 bits per heavy atom. The number of carboxylic acids is 1. The number of ether oxygens (including phenoxy) is 1. The molecule has 2 aromatic carbocycles. The zero-order valence-corrected chi connectivity index (χ0v) is 22.6. The summed E-state index contributed by atoms with van der Waals surface area (Å²) in [6, 6.07) is 15.2. The predicted molar refractivity (Wildman–Crippen MR) is 149 cm³/mol. The third-order valence-electron chi connectivity index (χ3n) is 8.79. The number of ketones is 1. The number of rotatable bonds is 10. The number of Topliss-reactive ketones (excluding diaryl/α,β-unsaturated/α-hetero) is 1. The average molecular weight is 533 g/mol. The summed E-state index contributed by atoms with van der Waals surface area (Å²) in [6.07, 6.45) is 6.82. The minimum atomic E-state index is -1.07. The van der Waals surface area contributed by atoms with E-state index < -0.39 is 18.0 Å². The van der Waals surface area contributed by atoms with Crippen molar-refractivity contribution in [2.24, 2.45) is 17.8 Å². The summed E-state index contributed by atoms with van der Waals surface area (Å²) < 4.78 is 6.12. The van der Waals surface area contributed by atoms with Crippen LogP contribution in [0.5, 0.6) is 5.75 Å². The molecule has 1 amide bonds. The van der Waals surface area contributed by atoms with Gasteiger partial charge in [-0.25, -0.2) is 0 Å². The third kappa shape index (κ3) is 6.70. The Morgan fingerprint density at radius 2 is 1.51 bits per heavy atom. The number of benzene rings is 2. The zero-order valence-electron chi connectivity index (χ0n) is 22.6. The fraction of sp³-hybridized carbons (Fsp3) is 0.531. The van der Waals surface area contributed by atoms with Crippen molar-refractivity contribution in [2.45, 2.75) is 63.9 Å². The maximum absolute atomic E-state index is 13.6. The lowest BCUT2D eigenvalue weighted by atomic mass is 9.86. The molecule has 7 heteroatoms. The topological polar surface area (TPSA) is 95.9 Å². The molecule has 0 radical (unpaired) electrons. The number of carboxylic acid groups (broad SMARTS) is 1. The minimum absolute atomic E-state index is 0.150. The van der Waals surface area contributed by atoms with E-state index in [0.717, 1.165) is 48.5 Å². The van der Waals surface area contributed by atoms with Crippen LogP contribution in [-0.2, 0) is 14.4 Å². The van der Waals surface area contributed by atoms with Crippen molar-refractivity contribution in [3.05, 3.63) is 54.1 Å². The maximum Gasteiger partial charge on any atom is 0.304 e. The Bertz CT molecular complexity index is 1170. The molecular weight excluding hydrogens is 492 g/mol. The van der Waals surface area contributed by atoms with E-state index in [0.29, 0.717) is 24.8 Å². The molecule has 0 bridgehead atoms. The smallest absolute Gasteiger partial charge is 0.304 e. The summed E-state index contributed by atoms with van der Waals surface area (Å²) in [4.78, 5) is 40.5. The molecule has 2 atom stereocenters. The van der Waals surface area contributed by atoms with Gasteiger partial charge in [0, 0.05) is 30.6 Å². The summed E-state index contributed by atoms with van der Waals surface area (Å²) in [5, 5.41) is 13.0. The number of carbonyl (C=O) groups is 3. The van der Waals surface area contributed by atoms with E-state index in [1.807, 2.05) is 48.5 Å². The number of likely N-dealkylation sites (tertiary alicyclic amines) is 1. The maximum atomic E-state index is 13.6. The first-order valence-corrected chi connectivity index (χ1v) is 14.6. The van der Waals surface area contributed by atoms with Gasteiger partial charge in [-0.3, -0.25) is 14.4 Å². The quantitative estimate of drug-likeness (QED) is 0.434. The molecule has 0 aromatic heterocycles. The first kappa shape index (κ1) is 27.4. The van der Waals surface area contributed by atoms with Crippen LogP contribution >= 0.6 is 0 Å². The second-order valence-electron chi connectivity index (χ2n) is 11.4. The monoisotopic (exact) mass is 532 g/mol. The highest BCUT2D eigenvalue weighted by molar-refractivity contribution is 5.94. The van der Waals surface area contributed by atoms with E-state index in [9.17, 15) is 19.5 Å². The van der Waals surface area contributed by atoms with Gasteiger partial charge in [-0.15, -0.1) is 0 Å². The Balaban J connectivity index is 1.18. The fourth-order valence-electron chi connectivity index (χ4n) is 6.57. The van der Waals surface area contributed by atoms with Gasteiger partial charge >= 0.3 is 5.97 Å². The van der Waals surface area contributed by atoms with E-state index in [-0.39, 0.29) is 24.5 Å². The highest BCUT2D eigenvalue weighted by Crippen LogP contribution is 2.43. The van der Waals surface area contributed by atoms with Crippen molar-refractivity contribution in [3.8, 4) is 16.9 Å². The number of carbonyl (C=O) groups excluding carboxylic acids is 2. The lowest BCUT2D eigenvalue weighted by Crippen LogP contribution is -2.43. The summed E-state index contributed by atoms with van der Waals surface area (Å²) in [5.41, 5.74) is 2.61. The van der Waals surface area contributed by atoms with Gasteiger partial charge in [0.25, 0.3) is 0 Å². The molecule has 3 aliphatic heterocycles. The van der Waals surface area contributed by atoms with Crippen LogP contribution in [0.1, 0.15) is 69.5 Å². The Hall–Kier alpha value is -3.19. The van der Waals surface area contributed by atoms with Crippen LogP contribution in [-0.4, -0.2) is 53.8 Å². The van der Waals surface area contributed by atoms with Gasteiger partial charge in [0.05, 0.1) is 12.3 Å². The Morgan fingerprint density at radius 1 is 0.872 bits per heavy atom. The van der Waals surface area contributed by atoms with E-state index >= 15 is 0 Å². The third-order valence-corrected chi connectivity index (χ3v) is 8.79. The van der Waals surface area contributed by atoms with Gasteiger partial charge in [0.1, 0.15) is 5.75 Å². The molecule has 2 fully saturated rings. The van der Waals surface area contributed by atoms with Gasteiger partial charge in [-0.2, -0.15) is 0 Å². The number of aliphatic carboxylic acids is 1. The number of fused-ring (bicyclic) bond motifs is 3. The zero-order chi connectivity index (χ0) is 27.2. The molecular formula is C32H40N2O5.